The molecule has 1 fully saturated rings. The molecule has 1 N–H and O–H groups in total. The van der Waals surface area contributed by atoms with Crippen LogP contribution in [0.2, 0.25) is 0 Å². The molecule has 1 aliphatic heterocycles. The van der Waals surface area contributed by atoms with Gasteiger partial charge in [0.1, 0.15) is 15.5 Å². The number of thiazole rings is 1. The van der Waals surface area contributed by atoms with Crippen LogP contribution >= 0.6 is 11.3 Å². The maximum Gasteiger partial charge on any atom is 0.347 e. The summed E-state index contributed by atoms with van der Waals surface area (Å²) in [5, 5.41) is 9.93. The fourth-order valence-corrected chi connectivity index (χ4v) is 3.21. The summed E-state index contributed by atoms with van der Waals surface area (Å²) in [6, 6.07) is 0. The summed E-state index contributed by atoms with van der Waals surface area (Å²) in [5.74, 6) is -0.884. The molecule has 1 saturated heterocycles. The second kappa shape index (κ2) is 4.74. The summed E-state index contributed by atoms with van der Waals surface area (Å²) in [6.45, 7) is 4.67. The highest BCUT2D eigenvalue weighted by atomic mass is 32.1. The predicted octanol–water partition coefficient (Wildman–Crippen LogP) is 2.82. The van der Waals surface area contributed by atoms with E-state index in [1.165, 1.54) is 11.3 Å². The summed E-state index contributed by atoms with van der Waals surface area (Å²) in [7, 11) is 0. The maximum atomic E-state index is 11.1. The summed E-state index contributed by atoms with van der Waals surface area (Å²) in [5.41, 5.74) is 0.286. The van der Waals surface area contributed by atoms with Crippen LogP contribution in [0, 0.1) is 0 Å². The molecule has 1 atom stereocenters. The molecule has 1 aliphatic rings. The second-order valence-corrected chi connectivity index (χ2v) is 5.49. The highest BCUT2D eigenvalue weighted by molar-refractivity contribution is 7.13. The van der Waals surface area contributed by atoms with Crippen molar-refractivity contribution in [2.24, 2.45) is 0 Å². The van der Waals surface area contributed by atoms with Gasteiger partial charge in [-0.25, -0.2) is 9.78 Å². The molecule has 0 saturated carbocycles. The lowest BCUT2D eigenvalue weighted by Gasteiger charge is -2.31. The van der Waals surface area contributed by atoms with Crippen LogP contribution in [0.1, 0.15) is 53.5 Å². The lowest BCUT2D eigenvalue weighted by Crippen LogP contribution is -2.30. The number of rotatable bonds is 3. The summed E-state index contributed by atoms with van der Waals surface area (Å²) < 4.78 is 5.80. The predicted molar refractivity (Wildman–Crippen MR) is 65.6 cm³/mol. The van der Waals surface area contributed by atoms with E-state index in [-0.39, 0.29) is 5.60 Å². The number of carboxylic acid groups (broad SMARTS) is 1. The average Bonchev–Trinajstić information content (AvgIpc) is 2.74. The van der Waals surface area contributed by atoms with Gasteiger partial charge in [0, 0.05) is 6.61 Å². The van der Waals surface area contributed by atoms with E-state index in [1.807, 2.05) is 13.8 Å². The molecular weight excluding hydrogens is 238 g/mol. The van der Waals surface area contributed by atoms with E-state index in [1.54, 1.807) is 0 Å². The molecule has 2 heterocycles. The second-order valence-electron chi connectivity index (χ2n) is 4.49. The number of aryl methyl sites for hydroxylation is 1. The van der Waals surface area contributed by atoms with Gasteiger partial charge in [0.15, 0.2) is 0 Å². The van der Waals surface area contributed by atoms with E-state index in [9.17, 15) is 4.79 Å². The van der Waals surface area contributed by atoms with Crippen molar-refractivity contribution in [1.29, 1.82) is 0 Å². The van der Waals surface area contributed by atoms with Crippen molar-refractivity contribution in [2.75, 3.05) is 6.61 Å². The first-order chi connectivity index (χ1) is 8.07. The Bertz CT molecular complexity index is 421. The lowest BCUT2D eigenvalue weighted by molar-refractivity contribution is -0.0702. The molecule has 0 bridgehead atoms. The number of hydrogen-bond donors (Lipinski definition) is 1. The quantitative estimate of drug-likeness (QED) is 0.902. The Morgan fingerprint density at radius 3 is 2.82 bits per heavy atom. The first-order valence-corrected chi connectivity index (χ1v) is 6.76. The van der Waals surface area contributed by atoms with Crippen LogP contribution in [0.15, 0.2) is 0 Å². The zero-order valence-electron chi connectivity index (χ0n) is 10.2. The smallest absolute Gasteiger partial charge is 0.347 e. The number of ether oxygens (including phenoxy) is 1. The Kier molecular flexibility index (Phi) is 3.49. The Hall–Kier alpha value is -0.940. The standard InChI is InChI=1S/C12H17NO3S/c1-3-8-9(10(14)15)17-11(13-8)12(2)6-4-5-7-16-12/h3-7H2,1-2H3,(H,14,15). The lowest BCUT2D eigenvalue weighted by atomic mass is 9.97. The van der Waals surface area contributed by atoms with Gasteiger partial charge in [-0.1, -0.05) is 6.92 Å². The van der Waals surface area contributed by atoms with Crippen LogP contribution in [-0.4, -0.2) is 22.7 Å². The van der Waals surface area contributed by atoms with Gasteiger partial charge in [0.05, 0.1) is 5.69 Å². The fourth-order valence-electron chi connectivity index (χ4n) is 2.09. The highest BCUT2D eigenvalue weighted by Crippen LogP contribution is 2.38. The SMILES string of the molecule is CCc1nc(C2(C)CCCCO2)sc1C(=O)O. The first-order valence-electron chi connectivity index (χ1n) is 5.94. The van der Waals surface area contributed by atoms with Crippen LogP contribution < -0.4 is 0 Å². The molecule has 5 heteroatoms. The molecule has 17 heavy (non-hydrogen) atoms. The number of nitrogens with zero attached hydrogens (tertiary/aromatic N) is 1. The molecular formula is C12H17NO3S. The third-order valence-electron chi connectivity index (χ3n) is 3.15. The molecule has 1 aromatic rings. The molecule has 4 nitrogen and oxygen atoms in total. The summed E-state index contributed by atoms with van der Waals surface area (Å²) in [6.07, 6.45) is 3.75. The Labute approximate surface area is 105 Å². The van der Waals surface area contributed by atoms with Gasteiger partial charge in [-0.05, 0) is 32.6 Å². The Morgan fingerprint density at radius 1 is 1.59 bits per heavy atom. The van der Waals surface area contributed by atoms with Crippen molar-refractivity contribution in [2.45, 2.75) is 45.1 Å². The van der Waals surface area contributed by atoms with Crippen LogP contribution in [0.25, 0.3) is 0 Å². The van der Waals surface area contributed by atoms with Crippen LogP contribution in [0.3, 0.4) is 0 Å². The zero-order valence-corrected chi connectivity index (χ0v) is 11.0. The number of aromatic carboxylic acids is 1. The van der Waals surface area contributed by atoms with Crippen molar-refractivity contribution in [3.63, 3.8) is 0 Å². The zero-order chi connectivity index (χ0) is 12.5. The van der Waals surface area contributed by atoms with Crippen molar-refractivity contribution in [1.82, 2.24) is 4.98 Å². The van der Waals surface area contributed by atoms with Crippen molar-refractivity contribution in [3.8, 4) is 0 Å². The van der Waals surface area contributed by atoms with Crippen molar-refractivity contribution >= 4 is 17.3 Å². The average molecular weight is 255 g/mol. The number of carboxylic acids is 1. The van der Waals surface area contributed by atoms with Gasteiger partial charge >= 0.3 is 5.97 Å². The van der Waals surface area contributed by atoms with E-state index in [2.05, 4.69) is 4.98 Å². The number of hydrogen-bond acceptors (Lipinski definition) is 4. The fraction of sp³-hybridized carbons (Fsp3) is 0.667. The topological polar surface area (TPSA) is 59.4 Å². The first kappa shape index (κ1) is 12.5. The molecule has 1 unspecified atom stereocenters. The third-order valence-corrected chi connectivity index (χ3v) is 4.48. The van der Waals surface area contributed by atoms with Gasteiger partial charge in [-0.2, -0.15) is 0 Å². The minimum absolute atomic E-state index is 0.359. The molecule has 0 aliphatic carbocycles. The van der Waals surface area contributed by atoms with Gasteiger partial charge < -0.3 is 9.84 Å². The Balaban J connectivity index is 2.35. The molecule has 2 rings (SSSR count). The van der Waals surface area contributed by atoms with Crippen LogP contribution in [-0.2, 0) is 16.8 Å². The molecule has 0 radical (unpaired) electrons. The monoisotopic (exact) mass is 255 g/mol. The summed E-state index contributed by atoms with van der Waals surface area (Å²) >= 11 is 1.26. The molecule has 94 valence electrons. The molecule has 1 aromatic heterocycles. The largest absolute Gasteiger partial charge is 0.477 e. The van der Waals surface area contributed by atoms with E-state index >= 15 is 0 Å². The van der Waals surface area contributed by atoms with Crippen LogP contribution in [0.4, 0.5) is 0 Å². The van der Waals surface area contributed by atoms with Gasteiger partial charge in [0.2, 0.25) is 0 Å². The van der Waals surface area contributed by atoms with Gasteiger partial charge in [0.25, 0.3) is 0 Å². The van der Waals surface area contributed by atoms with Crippen molar-refractivity contribution < 1.29 is 14.6 Å². The molecule has 0 amide bonds. The minimum Gasteiger partial charge on any atom is -0.477 e. The molecule has 0 aromatic carbocycles. The van der Waals surface area contributed by atoms with E-state index in [0.29, 0.717) is 17.0 Å². The van der Waals surface area contributed by atoms with Crippen molar-refractivity contribution in [3.05, 3.63) is 15.6 Å². The summed E-state index contributed by atoms with van der Waals surface area (Å²) in [4.78, 5) is 15.9. The number of carbonyl (C=O) groups is 1. The van der Waals surface area contributed by atoms with E-state index in [4.69, 9.17) is 9.84 Å². The minimum atomic E-state index is -0.884. The number of aromatic nitrogens is 1. The van der Waals surface area contributed by atoms with E-state index in [0.717, 1.165) is 30.9 Å². The normalized spacial score (nSPS) is 24.8. The van der Waals surface area contributed by atoms with Crippen LogP contribution in [0.5, 0.6) is 0 Å². The third kappa shape index (κ3) is 2.35. The Morgan fingerprint density at radius 2 is 2.35 bits per heavy atom. The molecule has 0 spiro atoms. The van der Waals surface area contributed by atoms with Gasteiger partial charge in [-0.15, -0.1) is 11.3 Å². The maximum absolute atomic E-state index is 11.1. The highest BCUT2D eigenvalue weighted by Gasteiger charge is 2.34. The van der Waals surface area contributed by atoms with Gasteiger partial charge in [-0.3, -0.25) is 0 Å². The van der Waals surface area contributed by atoms with E-state index < -0.39 is 5.97 Å².